The van der Waals surface area contributed by atoms with E-state index in [1.807, 2.05) is 13.0 Å². The minimum absolute atomic E-state index is 0.0723. The Hall–Kier alpha value is -4.02. The van der Waals surface area contributed by atoms with Gasteiger partial charge >= 0.3 is 0 Å². The summed E-state index contributed by atoms with van der Waals surface area (Å²) < 4.78 is 5.57. The first kappa shape index (κ1) is 18.0. The van der Waals surface area contributed by atoms with Crippen LogP contribution >= 0.6 is 0 Å². The van der Waals surface area contributed by atoms with Crippen LogP contribution in [0.15, 0.2) is 46.1 Å². The summed E-state index contributed by atoms with van der Waals surface area (Å²) in [5, 5.41) is 14.3. The quantitative estimate of drug-likeness (QED) is 0.456. The smallest absolute Gasteiger partial charge is 0.276 e. The Kier molecular flexibility index (Phi) is 4.46. The molecule has 5 heterocycles. The molecule has 11 heteroatoms. The van der Waals surface area contributed by atoms with E-state index in [0.29, 0.717) is 29.0 Å². The predicted molar refractivity (Wildman–Crippen MR) is 108 cm³/mol. The summed E-state index contributed by atoms with van der Waals surface area (Å²) in [5.41, 5.74) is 1.29. The molecule has 3 N–H and O–H groups in total. The van der Waals surface area contributed by atoms with Crippen LogP contribution in [-0.4, -0.2) is 41.8 Å². The minimum Gasteiger partial charge on any atom is -0.358 e. The van der Waals surface area contributed by atoms with Crippen molar-refractivity contribution in [3.05, 3.63) is 58.6 Å². The Labute approximate surface area is 170 Å². The molecule has 0 spiro atoms. The second-order valence-corrected chi connectivity index (χ2v) is 7.04. The van der Waals surface area contributed by atoms with E-state index in [4.69, 9.17) is 4.52 Å². The molecule has 152 valence electrons. The van der Waals surface area contributed by atoms with Crippen LogP contribution in [0, 0.1) is 6.92 Å². The highest BCUT2D eigenvalue weighted by Gasteiger charge is 2.32. The van der Waals surface area contributed by atoms with E-state index in [1.54, 1.807) is 18.3 Å². The number of aromatic amines is 2. The molecule has 0 bridgehead atoms. The zero-order chi connectivity index (χ0) is 20.5. The number of hydrogen-bond donors (Lipinski definition) is 3. The molecule has 1 saturated heterocycles. The summed E-state index contributed by atoms with van der Waals surface area (Å²) in [6, 6.07) is 5.38. The third kappa shape index (κ3) is 3.41. The molecule has 5 rings (SSSR count). The van der Waals surface area contributed by atoms with Crippen molar-refractivity contribution in [3.8, 4) is 11.4 Å². The van der Waals surface area contributed by atoms with Crippen LogP contribution in [0.3, 0.4) is 0 Å². The molecule has 0 aliphatic carbocycles. The lowest BCUT2D eigenvalue weighted by atomic mass is 10.1. The number of H-pyrrole nitrogens is 2. The number of aromatic nitrogens is 7. The van der Waals surface area contributed by atoms with Gasteiger partial charge in [0.05, 0.1) is 6.04 Å². The van der Waals surface area contributed by atoms with E-state index in [2.05, 4.69) is 45.5 Å². The van der Waals surface area contributed by atoms with Crippen molar-refractivity contribution < 1.29 is 4.52 Å². The number of anilines is 3. The van der Waals surface area contributed by atoms with Crippen LogP contribution in [0.25, 0.3) is 11.4 Å². The average molecular weight is 405 g/mol. The van der Waals surface area contributed by atoms with E-state index >= 15 is 0 Å². The van der Waals surface area contributed by atoms with E-state index in [-0.39, 0.29) is 17.3 Å². The molecular weight excluding hydrogens is 386 g/mol. The zero-order valence-electron chi connectivity index (χ0n) is 16.2. The molecule has 0 saturated carbocycles. The third-order valence-corrected chi connectivity index (χ3v) is 4.92. The normalized spacial score (nSPS) is 16.2. The Morgan fingerprint density at radius 2 is 2.17 bits per heavy atom. The Balaban J connectivity index is 1.40. The molecule has 1 aliphatic heterocycles. The fourth-order valence-corrected chi connectivity index (χ4v) is 3.56. The number of rotatable bonds is 5. The van der Waals surface area contributed by atoms with Gasteiger partial charge in [0.25, 0.3) is 5.56 Å². The van der Waals surface area contributed by atoms with Gasteiger partial charge in [-0.2, -0.15) is 10.1 Å². The lowest BCUT2D eigenvalue weighted by Gasteiger charge is -2.22. The molecule has 11 nitrogen and oxygen atoms in total. The molecule has 1 atom stereocenters. The Bertz CT molecular complexity index is 1230. The second-order valence-electron chi connectivity index (χ2n) is 7.04. The molecule has 1 unspecified atom stereocenters. The first-order chi connectivity index (χ1) is 14.7. The van der Waals surface area contributed by atoms with Gasteiger partial charge in [-0.15, -0.1) is 0 Å². The van der Waals surface area contributed by atoms with Crippen molar-refractivity contribution in [1.82, 2.24) is 35.3 Å². The standard InChI is InChI=1S/C19H19N9O2/c1-11-9-16(26-25-11)23-15-4-5-22-19(24-15)28-8-2-3-13(28)14-10-12(27-30-14)17-18(29)21-7-6-20-17/h4-7,9-10,13H,2-3,8H2,1H3,(H,21,29)(H2,22,23,24,25,26). The van der Waals surface area contributed by atoms with Gasteiger partial charge in [0.15, 0.2) is 17.3 Å². The number of nitrogens with one attached hydrogen (secondary N) is 3. The van der Waals surface area contributed by atoms with Gasteiger partial charge in [0.1, 0.15) is 11.5 Å². The molecule has 1 fully saturated rings. The minimum atomic E-state index is -0.309. The van der Waals surface area contributed by atoms with Crippen LogP contribution in [0.1, 0.15) is 30.3 Å². The average Bonchev–Trinajstić information content (AvgIpc) is 3.49. The first-order valence-corrected chi connectivity index (χ1v) is 9.57. The van der Waals surface area contributed by atoms with Gasteiger partial charge in [-0.05, 0) is 25.8 Å². The van der Waals surface area contributed by atoms with Gasteiger partial charge in [-0.25, -0.2) is 9.97 Å². The van der Waals surface area contributed by atoms with Crippen molar-refractivity contribution in [2.45, 2.75) is 25.8 Å². The highest BCUT2D eigenvalue weighted by molar-refractivity contribution is 5.55. The summed E-state index contributed by atoms with van der Waals surface area (Å²) in [4.78, 5) is 29.8. The highest BCUT2D eigenvalue weighted by Crippen LogP contribution is 2.35. The Morgan fingerprint density at radius 1 is 1.23 bits per heavy atom. The fourth-order valence-electron chi connectivity index (χ4n) is 3.56. The fraction of sp³-hybridized carbons (Fsp3) is 0.263. The van der Waals surface area contributed by atoms with Crippen LogP contribution in [0.4, 0.5) is 17.6 Å². The second kappa shape index (κ2) is 7.43. The van der Waals surface area contributed by atoms with Crippen molar-refractivity contribution >= 4 is 17.6 Å². The summed E-state index contributed by atoms with van der Waals surface area (Å²) >= 11 is 0. The monoisotopic (exact) mass is 405 g/mol. The lowest BCUT2D eigenvalue weighted by molar-refractivity contribution is 0.362. The van der Waals surface area contributed by atoms with E-state index in [1.165, 1.54) is 12.4 Å². The van der Waals surface area contributed by atoms with Crippen LogP contribution < -0.4 is 15.8 Å². The SMILES string of the molecule is Cc1cc(Nc2ccnc(N3CCCC3c3cc(-c4ncc[nH]c4=O)no3)n2)n[nH]1. The number of aryl methyl sites for hydroxylation is 1. The van der Waals surface area contributed by atoms with Gasteiger partial charge in [-0.3, -0.25) is 9.89 Å². The van der Waals surface area contributed by atoms with Crippen LogP contribution in [0.5, 0.6) is 0 Å². The van der Waals surface area contributed by atoms with Crippen molar-refractivity contribution in [3.63, 3.8) is 0 Å². The molecule has 0 radical (unpaired) electrons. The largest absolute Gasteiger partial charge is 0.358 e. The van der Waals surface area contributed by atoms with Gasteiger partial charge in [-0.1, -0.05) is 5.16 Å². The molecular formula is C19H19N9O2. The Morgan fingerprint density at radius 3 is 3.00 bits per heavy atom. The summed E-state index contributed by atoms with van der Waals surface area (Å²) in [6.45, 7) is 2.72. The van der Waals surface area contributed by atoms with Crippen molar-refractivity contribution in [2.75, 3.05) is 16.8 Å². The van der Waals surface area contributed by atoms with E-state index in [0.717, 1.165) is 25.1 Å². The van der Waals surface area contributed by atoms with Crippen LogP contribution in [-0.2, 0) is 0 Å². The molecule has 0 aromatic carbocycles. The summed E-state index contributed by atoms with van der Waals surface area (Å²) in [5.74, 6) is 2.58. The third-order valence-electron chi connectivity index (χ3n) is 4.92. The first-order valence-electron chi connectivity index (χ1n) is 9.57. The highest BCUT2D eigenvalue weighted by atomic mass is 16.5. The summed E-state index contributed by atoms with van der Waals surface area (Å²) in [7, 11) is 0. The van der Waals surface area contributed by atoms with Crippen LogP contribution in [0.2, 0.25) is 0 Å². The maximum absolute atomic E-state index is 12.0. The van der Waals surface area contributed by atoms with Crippen molar-refractivity contribution in [1.29, 1.82) is 0 Å². The van der Waals surface area contributed by atoms with Crippen molar-refractivity contribution in [2.24, 2.45) is 0 Å². The maximum atomic E-state index is 12.0. The molecule has 0 amide bonds. The van der Waals surface area contributed by atoms with Gasteiger partial charge in [0.2, 0.25) is 5.95 Å². The van der Waals surface area contributed by atoms with Gasteiger partial charge in [0, 0.05) is 43.0 Å². The zero-order valence-corrected chi connectivity index (χ0v) is 16.2. The maximum Gasteiger partial charge on any atom is 0.276 e. The van der Waals surface area contributed by atoms with E-state index in [9.17, 15) is 4.79 Å². The predicted octanol–water partition coefficient (Wildman–Crippen LogP) is 2.33. The number of nitrogens with zero attached hydrogens (tertiary/aromatic N) is 6. The topological polar surface area (TPSA) is 142 Å². The number of hydrogen-bond acceptors (Lipinski definition) is 9. The molecule has 1 aliphatic rings. The molecule has 4 aromatic rings. The van der Waals surface area contributed by atoms with E-state index < -0.39 is 0 Å². The molecule has 30 heavy (non-hydrogen) atoms. The van der Waals surface area contributed by atoms with Gasteiger partial charge < -0.3 is 19.7 Å². The lowest BCUT2D eigenvalue weighted by Crippen LogP contribution is -2.24. The summed E-state index contributed by atoms with van der Waals surface area (Å²) in [6.07, 6.45) is 6.53. The molecule has 4 aromatic heterocycles.